The summed E-state index contributed by atoms with van der Waals surface area (Å²) in [7, 11) is 0. The number of halogens is 1. The van der Waals surface area contributed by atoms with Crippen molar-refractivity contribution >= 4 is 45.2 Å². The van der Waals surface area contributed by atoms with Crippen LogP contribution in [0.3, 0.4) is 0 Å². The smallest absolute Gasteiger partial charge is 0.266 e. The van der Waals surface area contributed by atoms with Crippen molar-refractivity contribution in [2.75, 3.05) is 38.0 Å². The Kier molecular flexibility index (Phi) is 7.14. The van der Waals surface area contributed by atoms with Gasteiger partial charge in [-0.15, -0.1) is 22.7 Å². The van der Waals surface area contributed by atoms with Crippen LogP contribution in [0.4, 0.5) is 5.00 Å². The van der Waals surface area contributed by atoms with Crippen LogP contribution in [0, 0.1) is 13.8 Å². The minimum absolute atomic E-state index is 0.0105. The molecule has 1 aromatic carbocycles. The van der Waals surface area contributed by atoms with Gasteiger partial charge in [-0.2, -0.15) is 0 Å². The van der Waals surface area contributed by atoms with Crippen LogP contribution in [0.5, 0.6) is 0 Å². The fourth-order valence-electron chi connectivity index (χ4n) is 4.21. The van der Waals surface area contributed by atoms with Crippen LogP contribution < -0.4 is 5.32 Å². The number of hydrogen-bond acceptors (Lipinski definition) is 5. The third-order valence-electron chi connectivity index (χ3n) is 6.10. The molecule has 1 aliphatic rings. The molecule has 3 heterocycles. The second-order valence-electron chi connectivity index (χ2n) is 7.85. The molecule has 0 radical (unpaired) electrons. The minimum Gasteiger partial charge on any atom is -0.313 e. The van der Waals surface area contributed by atoms with Crippen molar-refractivity contribution in [2.45, 2.75) is 26.8 Å². The van der Waals surface area contributed by atoms with Crippen LogP contribution in [0.15, 0.2) is 41.8 Å². The number of nitrogens with one attached hydrogen (secondary N) is 1. The van der Waals surface area contributed by atoms with Crippen molar-refractivity contribution in [3.8, 4) is 0 Å². The van der Waals surface area contributed by atoms with Crippen molar-refractivity contribution in [2.24, 2.45) is 0 Å². The topological polar surface area (TPSA) is 35.6 Å². The van der Waals surface area contributed by atoms with E-state index in [1.165, 1.54) is 27.3 Å². The number of hydrogen-bond donors (Lipinski definition) is 1. The summed E-state index contributed by atoms with van der Waals surface area (Å²) in [5.74, 6) is -0.0498. The second kappa shape index (κ2) is 9.84. The maximum atomic E-state index is 12.9. The Balaban J connectivity index is 1.76. The Morgan fingerprint density at radius 1 is 1.13 bits per heavy atom. The quantitative estimate of drug-likeness (QED) is 0.472. The number of piperazine rings is 1. The number of carbonyl (C=O) groups excluding carboxylic acids is 1. The first-order valence-electron chi connectivity index (χ1n) is 10.6. The predicted octanol–water partition coefficient (Wildman–Crippen LogP) is 6.06. The zero-order valence-corrected chi connectivity index (χ0v) is 20.5. The normalized spacial score (nSPS) is 16.4. The lowest BCUT2D eigenvalue weighted by Crippen LogP contribution is -2.47. The molecule has 1 atom stereocenters. The van der Waals surface area contributed by atoms with E-state index in [0.717, 1.165) is 53.2 Å². The molecule has 4 nitrogen and oxygen atoms in total. The van der Waals surface area contributed by atoms with Crippen molar-refractivity contribution in [1.82, 2.24) is 9.80 Å². The summed E-state index contributed by atoms with van der Waals surface area (Å²) in [6.45, 7) is 11.6. The van der Waals surface area contributed by atoms with Crippen LogP contribution in [-0.4, -0.2) is 48.4 Å². The van der Waals surface area contributed by atoms with Crippen LogP contribution in [-0.2, 0) is 0 Å². The average molecular weight is 474 g/mol. The van der Waals surface area contributed by atoms with Gasteiger partial charge < -0.3 is 10.2 Å². The molecule has 1 N–H and O–H groups in total. The molecule has 31 heavy (non-hydrogen) atoms. The van der Waals surface area contributed by atoms with Gasteiger partial charge in [0.05, 0.1) is 10.9 Å². The number of benzene rings is 1. The molecule has 1 fully saturated rings. The van der Waals surface area contributed by atoms with Crippen molar-refractivity contribution < 1.29 is 4.79 Å². The van der Waals surface area contributed by atoms with Gasteiger partial charge in [0.15, 0.2) is 0 Å². The number of amides is 1. The first-order chi connectivity index (χ1) is 15.0. The van der Waals surface area contributed by atoms with Crippen molar-refractivity contribution in [3.05, 3.63) is 73.2 Å². The lowest BCUT2D eigenvalue weighted by atomic mass is 9.94. The van der Waals surface area contributed by atoms with E-state index in [9.17, 15) is 4.79 Å². The van der Waals surface area contributed by atoms with Crippen LogP contribution in [0.2, 0.25) is 5.02 Å². The third-order valence-corrected chi connectivity index (χ3v) is 8.45. The van der Waals surface area contributed by atoms with Crippen LogP contribution >= 0.6 is 34.3 Å². The van der Waals surface area contributed by atoms with Gasteiger partial charge in [0, 0.05) is 41.6 Å². The SMILES string of the molecule is CCN1CCN(C(c2ccccc2Cl)c2c(NC(=O)c3cccs3)sc(C)c2C)CC1. The molecule has 0 saturated carbocycles. The summed E-state index contributed by atoms with van der Waals surface area (Å²) < 4.78 is 0. The van der Waals surface area contributed by atoms with Crippen LogP contribution in [0.25, 0.3) is 0 Å². The summed E-state index contributed by atoms with van der Waals surface area (Å²) in [5, 5.41) is 6.84. The Labute approximate surface area is 197 Å². The van der Waals surface area contributed by atoms with Gasteiger partial charge in [0.2, 0.25) is 0 Å². The Morgan fingerprint density at radius 2 is 1.87 bits per heavy atom. The fraction of sp³-hybridized carbons (Fsp3) is 0.375. The molecule has 1 saturated heterocycles. The third kappa shape index (κ3) is 4.73. The van der Waals surface area contributed by atoms with Crippen LogP contribution in [0.1, 0.15) is 44.2 Å². The highest BCUT2D eigenvalue weighted by molar-refractivity contribution is 7.17. The number of rotatable bonds is 6. The highest BCUT2D eigenvalue weighted by Gasteiger charge is 2.32. The summed E-state index contributed by atoms with van der Waals surface area (Å²) in [6, 6.07) is 11.9. The van der Waals surface area contributed by atoms with Gasteiger partial charge in [-0.25, -0.2) is 0 Å². The van der Waals surface area contributed by atoms with E-state index in [-0.39, 0.29) is 11.9 Å². The van der Waals surface area contributed by atoms with Gasteiger partial charge in [0.25, 0.3) is 5.91 Å². The van der Waals surface area contributed by atoms with E-state index < -0.39 is 0 Å². The van der Waals surface area contributed by atoms with E-state index in [1.807, 2.05) is 29.6 Å². The molecule has 3 aromatic rings. The number of anilines is 1. The summed E-state index contributed by atoms with van der Waals surface area (Å²) in [5.41, 5.74) is 3.50. The molecule has 4 rings (SSSR count). The fourth-order valence-corrected chi connectivity index (χ4v) is 6.15. The molecule has 7 heteroatoms. The Bertz CT molecular complexity index is 1040. The van der Waals surface area contributed by atoms with E-state index in [1.54, 1.807) is 11.3 Å². The molecule has 0 spiro atoms. The average Bonchev–Trinajstić information content (AvgIpc) is 3.40. The van der Waals surface area contributed by atoms with Gasteiger partial charge >= 0.3 is 0 Å². The molecule has 0 bridgehead atoms. The van der Waals surface area contributed by atoms with Crippen molar-refractivity contribution in [1.29, 1.82) is 0 Å². The molecule has 1 amide bonds. The number of likely N-dealkylation sites (N-methyl/N-ethyl adjacent to an activating group) is 1. The number of carbonyl (C=O) groups is 1. The molecule has 1 unspecified atom stereocenters. The lowest BCUT2D eigenvalue weighted by molar-refractivity contribution is 0.102. The Morgan fingerprint density at radius 3 is 2.52 bits per heavy atom. The number of thiophene rings is 2. The monoisotopic (exact) mass is 473 g/mol. The lowest BCUT2D eigenvalue weighted by Gasteiger charge is -2.40. The maximum absolute atomic E-state index is 12.9. The first kappa shape index (κ1) is 22.5. The Hall–Kier alpha value is -1.70. The largest absolute Gasteiger partial charge is 0.313 e. The van der Waals surface area contributed by atoms with Gasteiger partial charge in [-0.3, -0.25) is 9.69 Å². The van der Waals surface area contributed by atoms with E-state index in [4.69, 9.17) is 11.6 Å². The van der Waals surface area contributed by atoms with E-state index >= 15 is 0 Å². The van der Waals surface area contributed by atoms with Gasteiger partial charge in [-0.05, 0) is 49.0 Å². The first-order valence-corrected chi connectivity index (χ1v) is 12.7. The second-order valence-corrected chi connectivity index (χ2v) is 10.4. The van der Waals surface area contributed by atoms with E-state index in [0.29, 0.717) is 0 Å². The summed E-state index contributed by atoms with van der Waals surface area (Å²) >= 11 is 9.84. The number of aryl methyl sites for hydroxylation is 1. The van der Waals surface area contributed by atoms with Gasteiger partial charge in [0.1, 0.15) is 5.00 Å². The summed E-state index contributed by atoms with van der Waals surface area (Å²) in [4.78, 5) is 19.8. The standard InChI is InChI=1S/C24H28ClN3OS2/c1-4-27-11-13-28(14-12-27)22(18-8-5-6-9-19(18)25)21-16(2)17(3)31-24(21)26-23(29)20-10-7-15-30-20/h5-10,15,22H,4,11-14H2,1-3H3,(H,26,29). The predicted molar refractivity (Wildman–Crippen MR) is 133 cm³/mol. The highest BCUT2D eigenvalue weighted by Crippen LogP contribution is 2.44. The molecule has 164 valence electrons. The molecular weight excluding hydrogens is 446 g/mol. The zero-order valence-electron chi connectivity index (χ0n) is 18.2. The van der Waals surface area contributed by atoms with Gasteiger partial charge in [-0.1, -0.05) is 42.8 Å². The molecular formula is C24H28ClN3OS2. The highest BCUT2D eigenvalue weighted by atomic mass is 35.5. The minimum atomic E-state index is -0.0498. The van der Waals surface area contributed by atoms with Crippen molar-refractivity contribution in [3.63, 3.8) is 0 Å². The number of nitrogens with zero attached hydrogens (tertiary/aromatic N) is 2. The zero-order chi connectivity index (χ0) is 22.0. The molecule has 1 aliphatic heterocycles. The summed E-state index contributed by atoms with van der Waals surface area (Å²) in [6.07, 6.45) is 0. The van der Waals surface area contributed by atoms with E-state index in [2.05, 4.69) is 48.0 Å². The molecule has 0 aliphatic carbocycles. The maximum Gasteiger partial charge on any atom is 0.266 e. The molecule has 2 aromatic heterocycles.